The zero-order valence-corrected chi connectivity index (χ0v) is 9.84. The molecular weight excluding hydrogens is 270 g/mol. The van der Waals surface area contributed by atoms with Crippen LogP contribution in [-0.2, 0) is 5.33 Å². The molecule has 0 unspecified atom stereocenters. The Bertz CT molecular complexity index is 452. The van der Waals surface area contributed by atoms with E-state index >= 15 is 0 Å². The molecule has 0 aliphatic carbocycles. The van der Waals surface area contributed by atoms with E-state index in [1.54, 1.807) is 11.3 Å². The van der Waals surface area contributed by atoms with Crippen molar-refractivity contribution < 1.29 is 0 Å². The van der Waals surface area contributed by atoms with Crippen LogP contribution in [0.3, 0.4) is 0 Å². The van der Waals surface area contributed by atoms with Crippen LogP contribution in [0.2, 0.25) is 5.02 Å². The lowest BCUT2D eigenvalue weighted by molar-refractivity contribution is 1.47. The summed E-state index contributed by atoms with van der Waals surface area (Å²) < 4.78 is 1.15. The molecule has 0 aliphatic heterocycles. The van der Waals surface area contributed by atoms with Gasteiger partial charge in [0.2, 0.25) is 0 Å². The van der Waals surface area contributed by atoms with Crippen molar-refractivity contribution in [3.8, 4) is 0 Å². The van der Waals surface area contributed by atoms with E-state index < -0.39 is 0 Å². The lowest BCUT2D eigenvalue weighted by Crippen LogP contribution is -1.83. The van der Waals surface area contributed by atoms with Crippen molar-refractivity contribution in [2.24, 2.45) is 0 Å². The molecule has 2 aromatic rings. The summed E-state index contributed by atoms with van der Waals surface area (Å²) in [6.45, 7) is 0. The molecule has 1 heterocycles. The Kier molecular flexibility index (Phi) is 2.49. The molecule has 2 rings (SSSR count). The highest BCUT2D eigenvalue weighted by atomic mass is 79.9. The fraction of sp³-hybridized carbons (Fsp3) is 0.111. The number of hydrogen-bond donors (Lipinski definition) is 1. The zero-order valence-electron chi connectivity index (χ0n) is 6.68. The molecule has 1 aromatic carbocycles. The van der Waals surface area contributed by atoms with Crippen molar-refractivity contribution in [2.45, 2.75) is 5.33 Å². The molecule has 0 atom stereocenters. The number of hydrogen-bond acceptors (Lipinski definition) is 2. The van der Waals surface area contributed by atoms with E-state index in [1.165, 1.54) is 0 Å². The molecule has 13 heavy (non-hydrogen) atoms. The first kappa shape index (κ1) is 9.31. The Morgan fingerprint density at radius 3 is 2.92 bits per heavy atom. The topological polar surface area (TPSA) is 26.0 Å². The molecule has 0 bridgehead atoms. The number of nitrogen functional groups attached to an aromatic ring is 1. The summed E-state index contributed by atoms with van der Waals surface area (Å²) in [5.41, 5.74) is 7.72. The Morgan fingerprint density at radius 1 is 1.46 bits per heavy atom. The maximum absolute atomic E-state index is 6.05. The van der Waals surface area contributed by atoms with Gasteiger partial charge >= 0.3 is 0 Å². The average molecular weight is 277 g/mol. The third-order valence-corrected chi connectivity index (χ3v) is 3.84. The van der Waals surface area contributed by atoms with Gasteiger partial charge in [-0.25, -0.2) is 0 Å². The van der Waals surface area contributed by atoms with E-state index in [9.17, 15) is 0 Å². The molecule has 0 aliphatic rings. The minimum atomic E-state index is 0.761. The summed E-state index contributed by atoms with van der Waals surface area (Å²) in [6.07, 6.45) is 0. The minimum Gasteiger partial charge on any atom is -0.398 e. The first-order valence-corrected chi connectivity index (χ1v) is 6.11. The van der Waals surface area contributed by atoms with Crippen LogP contribution in [0.1, 0.15) is 5.56 Å². The van der Waals surface area contributed by atoms with Gasteiger partial charge in [-0.1, -0.05) is 27.5 Å². The van der Waals surface area contributed by atoms with Crippen LogP contribution in [0.25, 0.3) is 10.1 Å². The first-order chi connectivity index (χ1) is 6.22. The molecule has 4 heteroatoms. The monoisotopic (exact) mass is 275 g/mol. The molecule has 0 saturated carbocycles. The fourth-order valence-corrected chi connectivity index (χ4v) is 3.01. The Hall–Kier alpha value is -0.250. The quantitative estimate of drug-likeness (QED) is 0.782. The molecular formula is C9H7BrClNS. The second-order valence-electron chi connectivity index (χ2n) is 2.76. The van der Waals surface area contributed by atoms with E-state index in [2.05, 4.69) is 15.9 Å². The maximum Gasteiger partial charge on any atom is 0.0502 e. The van der Waals surface area contributed by atoms with Gasteiger partial charge in [-0.15, -0.1) is 11.3 Å². The summed E-state index contributed by atoms with van der Waals surface area (Å²) in [4.78, 5) is 0. The predicted octanol–water partition coefficient (Wildman–Crippen LogP) is 4.03. The highest BCUT2D eigenvalue weighted by molar-refractivity contribution is 9.08. The van der Waals surface area contributed by atoms with Crippen LogP contribution >= 0.6 is 38.9 Å². The van der Waals surface area contributed by atoms with Crippen molar-refractivity contribution in [3.63, 3.8) is 0 Å². The maximum atomic E-state index is 6.05. The van der Waals surface area contributed by atoms with Crippen LogP contribution in [0, 0.1) is 0 Å². The van der Waals surface area contributed by atoms with Crippen LogP contribution in [0.4, 0.5) is 5.69 Å². The van der Waals surface area contributed by atoms with Gasteiger partial charge in [-0.2, -0.15) is 0 Å². The van der Waals surface area contributed by atoms with E-state index in [-0.39, 0.29) is 0 Å². The highest BCUT2D eigenvalue weighted by Gasteiger charge is 2.05. The largest absolute Gasteiger partial charge is 0.398 e. The minimum absolute atomic E-state index is 0.761. The van der Waals surface area contributed by atoms with Crippen LogP contribution in [0.5, 0.6) is 0 Å². The number of benzene rings is 1. The zero-order chi connectivity index (χ0) is 9.42. The van der Waals surface area contributed by atoms with Gasteiger partial charge in [0, 0.05) is 25.8 Å². The van der Waals surface area contributed by atoms with E-state index in [4.69, 9.17) is 17.3 Å². The van der Waals surface area contributed by atoms with Gasteiger partial charge in [-0.05, 0) is 17.7 Å². The third-order valence-electron chi connectivity index (χ3n) is 1.92. The molecule has 2 N–H and O–H groups in total. The second kappa shape index (κ2) is 3.48. The highest BCUT2D eigenvalue weighted by Crippen LogP contribution is 2.33. The van der Waals surface area contributed by atoms with E-state index in [0.29, 0.717) is 0 Å². The standard InChI is InChI=1S/C9H7BrClNS/c10-3-5-1-6-8(12)4-13-9(6)2-7(5)11/h1-2,4H,3,12H2. The van der Waals surface area contributed by atoms with Gasteiger partial charge in [0.05, 0.1) is 5.69 Å². The van der Waals surface area contributed by atoms with Crippen LogP contribution in [-0.4, -0.2) is 0 Å². The number of thiophene rings is 1. The van der Waals surface area contributed by atoms with Crippen molar-refractivity contribution >= 4 is 54.6 Å². The van der Waals surface area contributed by atoms with E-state index in [1.807, 2.05) is 17.5 Å². The normalized spacial score (nSPS) is 10.9. The number of fused-ring (bicyclic) bond motifs is 1. The molecule has 1 nitrogen and oxygen atoms in total. The first-order valence-electron chi connectivity index (χ1n) is 3.73. The fourth-order valence-electron chi connectivity index (χ4n) is 1.22. The summed E-state index contributed by atoms with van der Waals surface area (Å²) in [5.74, 6) is 0. The van der Waals surface area contributed by atoms with E-state index in [0.717, 1.165) is 31.7 Å². The lowest BCUT2D eigenvalue weighted by atomic mass is 10.2. The Morgan fingerprint density at radius 2 is 2.23 bits per heavy atom. The number of anilines is 1. The van der Waals surface area contributed by atoms with Gasteiger partial charge < -0.3 is 5.73 Å². The van der Waals surface area contributed by atoms with Gasteiger partial charge in [0.25, 0.3) is 0 Å². The van der Waals surface area contributed by atoms with Gasteiger partial charge in [0.1, 0.15) is 0 Å². The molecule has 0 fully saturated rings. The van der Waals surface area contributed by atoms with Crippen LogP contribution < -0.4 is 5.73 Å². The molecule has 0 spiro atoms. The number of halogens is 2. The average Bonchev–Trinajstić information content (AvgIpc) is 2.46. The number of nitrogens with two attached hydrogens (primary N) is 1. The van der Waals surface area contributed by atoms with Crippen LogP contribution in [0.15, 0.2) is 17.5 Å². The number of rotatable bonds is 1. The smallest absolute Gasteiger partial charge is 0.0502 e. The summed E-state index contributed by atoms with van der Waals surface area (Å²) in [5, 5.41) is 4.60. The summed E-state index contributed by atoms with van der Waals surface area (Å²) in [7, 11) is 0. The van der Waals surface area contributed by atoms with Crippen molar-refractivity contribution in [1.29, 1.82) is 0 Å². The molecule has 1 aromatic heterocycles. The molecule has 68 valence electrons. The second-order valence-corrected chi connectivity index (χ2v) is 4.64. The predicted molar refractivity (Wildman–Crippen MR) is 63.9 cm³/mol. The molecule has 0 radical (unpaired) electrons. The summed E-state index contributed by atoms with van der Waals surface area (Å²) >= 11 is 11.1. The Labute approximate surface area is 93.6 Å². The molecule has 0 saturated heterocycles. The number of alkyl halides is 1. The SMILES string of the molecule is Nc1csc2cc(Cl)c(CBr)cc12. The molecule has 0 amide bonds. The van der Waals surface area contributed by atoms with Crippen molar-refractivity contribution in [1.82, 2.24) is 0 Å². The lowest BCUT2D eigenvalue weighted by Gasteiger charge is -2.00. The third kappa shape index (κ3) is 1.56. The van der Waals surface area contributed by atoms with Crippen molar-refractivity contribution in [2.75, 3.05) is 5.73 Å². The summed E-state index contributed by atoms with van der Waals surface area (Å²) in [6, 6.07) is 4.01. The van der Waals surface area contributed by atoms with Gasteiger partial charge in [0.15, 0.2) is 0 Å². The Balaban J connectivity index is 2.77. The van der Waals surface area contributed by atoms with Crippen molar-refractivity contribution in [3.05, 3.63) is 28.1 Å². The van der Waals surface area contributed by atoms with Gasteiger partial charge in [-0.3, -0.25) is 0 Å².